The molecule has 0 saturated carbocycles. The number of benzene rings is 2. The predicted molar refractivity (Wildman–Crippen MR) is 103 cm³/mol. The van der Waals surface area contributed by atoms with Gasteiger partial charge in [0.2, 0.25) is 5.95 Å². The molecule has 0 fully saturated rings. The van der Waals surface area contributed by atoms with Gasteiger partial charge in [-0.1, -0.05) is 50.5 Å². The van der Waals surface area contributed by atoms with Gasteiger partial charge in [0.1, 0.15) is 5.01 Å². The molecule has 25 heavy (non-hydrogen) atoms. The van der Waals surface area contributed by atoms with Crippen LogP contribution in [0.1, 0.15) is 37.6 Å². The van der Waals surface area contributed by atoms with Crippen LogP contribution in [0.15, 0.2) is 48.5 Å². The second-order valence-electron chi connectivity index (χ2n) is 6.17. The Labute approximate surface area is 152 Å². The van der Waals surface area contributed by atoms with E-state index in [2.05, 4.69) is 16.2 Å². The highest BCUT2D eigenvalue weighted by Gasteiger charge is 2.27. The van der Waals surface area contributed by atoms with Crippen molar-refractivity contribution in [3.63, 3.8) is 0 Å². The Morgan fingerprint density at radius 2 is 1.60 bits per heavy atom. The van der Waals surface area contributed by atoms with Crippen LogP contribution in [-0.4, -0.2) is 9.36 Å². The zero-order valence-electron chi connectivity index (χ0n) is 14.3. The van der Waals surface area contributed by atoms with Crippen molar-refractivity contribution in [2.45, 2.75) is 39.0 Å². The highest BCUT2D eigenvalue weighted by molar-refractivity contribution is 7.05. The Morgan fingerprint density at radius 1 is 0.920 bits per heavy atom. The molecule has 4 nitrogen and oxygen atoms in total. The SMILES string of the molecule is CCCCCCc1nc(N2c3ccccc3Oc3ccccc32)ns1. The van der Waals surface area contributed by atoms with Crippen LogP contribution in [0.5, 0.6) is 11.5 Å². The molecule has 128 valence electrons. The first kappa shape index (κ1) is 16.1. The van der Waals surface area contributed by atoms with Crippen LogP contribution in [-0.2, 0) is 6.42 Å². The fourth-order valence-electron chi connectivity index (χ4n) is 3.06. The van der Waals surface area contributed by atoms with Gasteiger partial charge in [-0.2, -0.15) is 4.37 Å². The number of hydrogen-bond acceptors (Lipinski definition) is 5. The fraction of sp³-hybridized carbons (Fsp3) is 0.300. The number of fused-ring (bicyclic) bond motifs is 2. The van der Waals surface area contributed by atoms with Crippen LogP contribution in [0.25, 0.3) is 0 Å². The molecule has 0 bridgehead atoms. The topological polar surface area (TPSA) is 38.2 Å². The van der Waals surface area contributed by atoms with Crippen LogP contribution in [0.3, 0.4) is 0 Å². The van der Waals surface area contributed by atoms with E-state index in [1.54, 1.807) is 0 Å². The van der Waals surface area contributed by atoms with E-state index in [-0.39, 0.29) is 0 Å². The second kappa shape index (κ2) is 7.23. The summed E-state index contributed by atoms with van der Waals surface area (Å²) in [6.07, 6.45) is 5.98. The summed E-state index contributed by atoms with van der Waals surface area (Å²) >= 11 is 1.51. The van der Waals surface area contributed by atoms with E-state index in [0.717, 1.165) is 40.3 Å². The Morgan fingerprint density at radius 3 is 2.28 bits per heavy atom. The molecule has 0 amide bonds. The summed E-state index contributed by atoms with van der Waals surface area (Å²) in [5, 5.41) is 1.10. The molecule has 0 spiro atoms. The molecule has 5 heteroatoms. The number of hydrogen-bond donors (Lipinski definition) is 0. The van der Waals surface area contributed by atoms with E-state index in [1.165, 1.54) is 37.2 Å². The van der Waals surface area contributed by atoms with Crippen molar-refractivity contribution in [3.8, 4) is 11.5 Å². The molecule has 0 radical (unpaired) electrons. The molecule has 0 atom stereocenters. The summed E-state index contributed by atoms with van der Waals surface area (Å²) in [7, 11) is 0. The van der Waals surface area contributed by atoms with E-state index in [9.17, 15) is 0 Å². The second-order valence-corrected chi connectivity index (χ2v) is 7.01. The van der Waals surface area contributed by atoms with Gasteiger partial charge in [0.15, 0.2) is 11.5 Å². The number of aromatic nitrogens is 2. The molecule has 1 aromatic heterocycles. The first-order valence-corrected chi connectivity index (χ1v) is 9.63. The van der Waals surface area contributed by atoms with Crippen LogP contribution < -0.4 is 9.64 Å². The van der Waals surface area contributed by atoms with Gasteiger partial charge in [0.25, 0.3) is 0 Å². The van der Waals surface area contributed by atoms with Crippen molar-refractivity contribution in [2.75, 3.05) is 4.90 Å². The van der Waals surface area contributed by atoms with Crippen LogP contribution >= 0.6 is 11.5 Å². The zero-order chi connectivity index (χ0) is 17.1. The number of aryl methyl sites for hydroxylation is 1. The molecular weight excluding hydrogens is 330 g/mol. The monoisotopic (exact) mass is 351 g/mol. The lowest BCUT2D eigenvalue weighted by atomic mass is 10.1. The summed E-state index contributed by atoms with van der Waals surface area (Å²) in [5.74, 6) is 2.40. The molecule has 0 unspecified atom stereocenters. The molecule has 1 aliphatic heterocycles. The molecule has 0 aliphatic carbocycles. The van der Waals surface area contributed by atoms with Gasteiger partial charge in [-0.3, -0.25) is 4.90 Å². The predicted octanol–water partition coefficient (Wildman–Crippen LogP) is 6.24. The first-order chi connectivity index (χ1) is 12.4. The van der Waals surface area contributed by atoms with Gasteiger partial charge in [-0.05, 0) is 42.2 Å². The van der Waals surface area contributed by atoms with E-state index in [1.807, 2.05) is 48.5 Å². The first-order valence-electron chi connectivity index (χ1n) is 8.85. The van der Waals surface area contributed by atoms with Crippen molar-refractivity contribution in [2.24, 2.45) is 0 Å². The highest BCUT2D eigenvalue weighted by atomic mass is 32.1. The number of unbranched alkanes of at least 4 members (excludes halogenated alkanes) is 3. The maximum absolute atomic E-state index is 6.03. The third-order valence-corrected chi connectivity index (χ3v) is 5.09. The number of ether oxygens (including phenoxy) is 1. The average molecular weight is 351 g/mol. The molecule has 1 aliphatic rings. The lowest BCUT2D eigenvalue weighted by Crippen LogP contribution is -2.16. The van der Waals surface area contributed by atoms with Gasteiger partial charge < -0.3 is 4.74 Å². The van der Waals surface area contributed by atoms with Crippen molar-refractivity contribution < 1.29 is 4.74 Å². The van der Waals surface area contributed by atoms with Crippen molar-refractivity contribution >= 4 is 28.9 Å². The largest absolute Gasteiger partial charge is 0.453 e. The van der Waals surface area contributed by atoms with Crippen molar-refractivity contribution in [1.29, 1.82) is 0 Å². The summed E-state index contributed by atoms with van der Waals surface area (Å²) in [6, 6.07) is 16.1. The number of nitrogens with zero attached hydrogens (tertiary/aromatic N) is 3. The van der Waals surface area contributed by atoms with Gasteiger partial charge in [-0.15, -0.1) is 0 Å². The van der Waals surface area contributed by atoms with Crippen LogP contribution in [0.4, 0.5) is 17.3 Å². The zero-order valence-corrected chi connectivity index (χ0v) is 15.1. The molecular formula is C20H21N3OS. The van der Waals surface area contributed by atoms with Crippen LogP contribution in [0.2, 0.25) is 0 Å². The molecule has 2 aromatic carbocycles. The van der Waals surface area contributed by atoms with Crippen molar-refractivity contribution in [1.82, 2.24) is 9.36 Å². The Balaban J connectivity index is 1.65. The van der Waals surface area contributed by atoms with Crippen molar-refractivity contribution in [3.05, 3.63) is 53.5 Å². The standard InChI is InChI=1S/C20H21N3OS/c1-2-3-4-5-14-19-21-20(22-25-19)23-15-10-6-8-12-17(15)24-18-13-9-7-11-16(18)23/h6-13H,2-5,14H2,1H3. The number of anilines is 3. The third-order valence-electron chi connectivity index (χ3n) is 4.33. The fourth-order valence-corrected chi connectivity index (χ4v) is 3.73. The van der Waals surface area contributed by atoms with E-state index in [0.29, 0.717) is 0 Å². The third kappa shape index (κ3) is 3.24. The Kier molecular flexibility index (Phi) is 4.65. The Hall–Kier alpha value is -2.40. The summed E-state index contributed by atoms with van der Waals surface area (Å²) < 4.78 is 10.7. The van der Waals surface area contributed by atoms with E-state index >= 15 is 0 Å². The minimum Gasteiger partial charge on any atom is -0.453 e. The number of rotatable bonds is 6. The minimum absolute atomic E-state index is 0.735. The average Bonchev–Trinajstić information content (AvgIpc) is 3.11. The molecule has 4 rings (SSSR count). The summed E-state index contributed by atoms with van der Waals surface area (Å²) in [5.41, 5.74) is 1.97. The smallest absolute Gasteiger partial charge is 0.246 e. The summed E-state index contributed by atoms with van der Waals surface area (Å²) in [6.45, 7) is 2.23. The molecule has 0 saturated heterocycles. The van der Waals surface area contributed by atoms with E-state index in [4.69, 9.17) is 9.72 Å². The van der Waals surface area contributed by atoms with Crippen LogP contribution in [0, 0.1) is 0 Å². The minimum atomic E-state index is 0.735. The normalized spacial score (nSPS) is 12.4. The lowest BCUT2D eigenvalue weighted by molar-refractivity contribution is 0.476. The molecule has 3 aromatic rings. The lowest BCUT2D eigenvalue weighted by Gasteiger charge is -2.30. The van der Waals surface area contributed by atoms with Gasteiger partial charge in [0.05, 0.1) is 11.4 Å². The highest BCUT2D eigenvalue weighted by Crippen LogP contribution is 2.49. The maximum Gasteiger partial charge on any atom is 0.246 e. The Bertz CT molecular complexity index is 816. The number of para-hydroxylation sites is 4. The van der Waals surface area contributed by atoms with Gasteiger partial charge in [-0.25, -0.2) is 4.98 Å². The van der Waals surface area contributed by atoms with Gasteiger partial charge >= 0.3 is 0 Å². The maximum atomic E-state index is 6.03. The molecule has 0 N–H and O–H groups in total. The van der Waals surface area contributed by atoms with E-state index < -0.39 is 0 Å². The summed E-state index contributed by atoms with van der Waals surface area (Å²) in [4.78, 5) is 6.90. The molecule has 2 heterocycles. The quantitative estimate of drug-likeness (QED) is 0.386. The van der Waals surface area contributed by atoms with Gasteiger partial charge in [0, 0.05) is 6.42 Å².